The van der Waals surface area contributed by atoms with E-state index < -0.39 is 6.10 Å². The molecule has 1 N–H and O–H groups in total. The summed E-state index contributed by atoms with van der Waals surface area (Å²) in [5.41, 5.74) is 1.81. The van der Waals surface area contributed by atoms with Gasteiger partial charge in [0.25, 0.3) is 0 Å². The normalized spacial score (nSPS) is 19.5. The lowest BCUT2D eigenvalue weighted by molar-refractivity contribution is 0.140. The predicted octanol–water partition coefficient (Wildman–Crippen LogP) is 1.43. The predicted molar refractivity (Wildman–Crippen MR) is 48.2 cm³/mol. The second-order valence-corrected chi connectivity index (χ2v) is 3.14. The van der Waals surface area contributed by atoms with Gasteiger partial charge in [0.2, 0.25) is 0 Å². The fourth-order valence-corrected chi connectivity index (χ4v) is 1.62. The molecule has 0 radical (unpaired) electrons. The van der Waals surface area contributed by atoms with Crippen LogP contribution in [0.25, 0.3) is 0 Å². The van der Waals surface area contributed by atoms with Gasteiger partial charge in [0.1, 0.15) is 24.2 Å². The molecule has 0 saturated carbocycles. The maximum absolute atomic E-state index is 9.50. The molecule has 0 spiro atoms. The number of ether oxygens (including phenoxy) is 2. The van der Waals surface area contributed by atoms with E-state index in [1.165, 1.54) is 0 Å². The summed E-state index contributed by atoms with van der Waals surface area (Å²) in [5, 5.41) is 9.50. The van der Waals surface area contributed by atoms with E-state index in [1.807, 2.05) is 19.1 Å². The lowest BCUT2D eigenvalue weighted by atomic mass is 10.1. The first-order valence-electron chi connectivity index (χ1n) is 4.22. The van der Waals surface area contributed by atoms with Gasteiger partial charge < -0.3 is 14.6 Å². The van der Waals surface area contributed by atoms with Gasteiger partial charge in [-0.3, -0.25) is 0 Å². The Kier molecular flexibility index (Phi) is 1.88. The molecule has 0 aromatic heterocycles. The minimum atomic E-state index is -0.486. The Hall–Kier alpha value is -1.22. The Balaban J connectivity index is 2.54. The van der Waals surface area contributed by atoms with Crippen LogP contribution >= 0.6 is 0 Å². The van der Waals surface area contributed by atoms with Crippen LogP contribution in [0, 0.1) is 6.92 Å². The molecule has 1 aromatic rings. The number of hydrogen-bond acceptors (Lipinski definition) is 3. The molecular weight excluding hydrogens is 168 g/mol. The van der Waals surface area contributed by atoms with Crippen molar-refractivity contribution in [3.63, 3.8) is 0 Å². The lowest BCUT2D eigenvalue weighted by Crippen LogP contribution is -1.97. The number of aliphatic hydroxyl groups is 1. The highest BCUT2D eigenvalue weighted by atomic mass is 16.5. The fraction of sp³-hybridized carbons (Fsp3) is 0.400. The highest BCUT2D eigenvalue weighted by molar-refractivity contribution is 5.51. The number of hydrogen-bond donors (Lipinski definition) is 1. The smallest absolute Gasteiger partial charge is 0.131 e. The van der Waals surface area contributed by atoms with Crippen molar-refractivity contribution in [1.29, 1.82) is 0 Å². The van der Waals surface area contributed by atoms with E-state index in [0.717, 1.165) is 22.6 Å². The van der Waals surface area contributed by atoms with Crippen LogP contribution in [0.15, 0.2) is 12.1 Å². The molecule has 1 aliphatic rings. The van der Waals surface area contributed by atoms with Crippen molar-refractivity contribution in [2.45, 2.75) is 13.0 Å². The molecule has 0 aliphatic carbocycles. The van der Waals surface area contributed by atoms with Crippen molar-refractivity contribution in [3.05, 3.63) is 23.3 Å². The zero-order valence-corrected chi connectivity index (χ0v) is 7.70. The highest BCUT2D eigenvalue weighted by Crippen LogP contribution is 2.39. The standard InChI is InChI=1S/C10H12O3/c1-6-9(12-2)4-3-7-8(11)5-13-10(6)7/h3-4,8,11H,5H2,1-2H3. The average molecular weight is 180 g/mol. The second-order valence-electron chi connectivity index (χ2n) is 3.14. The third-order valence-electron chi connectivity index (χ3n) is 2.35. The number of fused-ring (bicyclic) bond motifs is 1. The van der Waals surface area contributed by atoms with Gasteiger partial charge >= 0.3 is 0 Å². The van der Waals surface area contributed by atoms with Crippen LogP contribution in [0.3, 0.4) is 0 Å². The minimum Gasteiger partial charge on any atom is -0.496 e. The van der Waals surface area contributed by atoms with E-state index in [9.17, 15) is 5.11 Å². The Bertz CT molecular complexity index is 333. The van der Waals surface area contributed by atoms with E-state index in [-0.39, 0.29) is 0 Å². The maximum atomic E-state index is 9.50. The molecule has 70 valence electrons. The van der Waals surface area contributed by atoms with Gasteiger partial charge in [0.05, 0.1) is 7.11 Å². The van der Waals surface area contributed by atoms with Crippen LogP contribution in [0.5, 0.6) is 11.5 Å². The molecule has 1 aromatic carbocycles. The largest absolute Gasteiger partial charge is 0.496 e. The molecule has 13 heavy (non-hydrogen) atoms. The monoisotopic (exact) mass is 180 g/mol. The molecule has 3 nitrogen and oxygen atoms in total. The number of benzene rings is 1. The number of rotatable bonds is 1. The van der Waals surface area contributed by atoms with Gasteiger partial charge in [-0.05, 0) is 19.1 Å². The Labute approximate surface area is 76.9 Å². The van der Waals surface area contributed by atoms with Crippen molar-refractivity contribution in [1.82, 2.24) is 0 Å². The highest BCUT2D eigenvalue weighted by Gasteiger charge is 2.24. The lowest BCUT2D eigenvalue weighted by Gasteiger charge is -2.08. The molecule has 1 atom stereocenters. The Morgan fingerprint density at radius 2 is 2.31 bits per heavy atom. The van der Waals surface area contributed by atoms with Crippen LogP contribution < -0.4 is 9.47 Å². The summed E-state index contributed by atoms with van der Waals surface area (Å²) in [5.74, 6) is 1.57. The van der Waals surface area contributed by atoms with E-state index >= 15 is 0 Å². The zero-order chi connectivity index (χ0) is 9.42. The molecule has 0 amide bonds. The van der Waals surface area contributed by atoms with Crippen LogP contribution in [0.2, 0.25) is 0 Å². The van der Waals surface area contributed by atoms with Crippen molar-refractivity contribution in [3.8, 4) is 11.5 Å². The first kappa shape index (κ1) is 8.38. The number of aliphatic hydroxyl groups excluding tert-OH is 1. The maximum Gasteiger partial charge on any atom is 0.131 e. The van der Waals surface area contributed by atoms with E-state index in [4.69, 9.17) is 9.47 Å². The number of methoxy groups -OCH3 is 1. The molecule has 0 saturated heterocycles. The van der Waals surface area contributed by atoms with Gasteiger partial charge in [-0.25, -0.2) is 0 Å². The van der Waals surface area contributed by atoms with Crippen molar-refractivity contribution in [2.75, 3.05) is 13.7 Å². The van der Waals surface area contributed by atoms with Crippen molar-refractivity contribution < 1.29 is 14.6 Å². The van der Waals surface area contributed by atoms with E-state index in [2.05, 4.69) is 0 Å². The molecule has 3 heteroatoms. The fourth-order valence-electron chi connectivity index (χ4n) is 1.62. The molecule has 1 heterocycles. The molecule has 2 rings (SSSR count). The summed E-state index contributed by atoms with van der Waals surface area (Å²) in [6, 6.07) is 3.70. The Morgan fingerprint density at radius 1 is 1.54 bits per heavy atom. The summed E-state index contributed by atoms with van der Waals surface area (Å²) in [4.78, 5) is 0. The SMILES string of the molecule is COc1ccc2c(c1C)OCC2O. The molecule has 1 unspecified atom stereocenters. The molecule has 1 aliphatic heterocycles. The summed E-state index contributed by atoms with van der Waals surface area (Å²) >= 11 is 0. The first-order chi connectivity index (χ1) is 6.24. The van der Waals surface area contributed by atoms with E-state index in [1.54, 1.807) is 7.11 Å². The van der Waals surface area contributed by atoms with Gasteiger partial charge in [0.15, 0.2) is 0 Å². The third kappa shape index (κ3) is 1.16. The summed E-state index contributed by atoms with van der Waals surface area (Å²) in [6.45, 7) is 2.28. The van der Waals surface area contributed by atoms with Crippen molar-refractivity contribution in [2.24, 2.45) is 0 Å². The molecule has 0 bridgehead atoms. The quantitative estimate of drug-likeness (QED) is 0.710. The third-order valence-corrected chi connectivity index (χ3v) is 2.35. The van der Waals surface area contributed by atoms with Crippen LogP contribution in [0.4, 0.5) is 0 Å². The molecule has 0 fully saturated rings. The second kappa shape index (κ2) is 2.92. The first-order valence-corrected chi connectivity index (χ1v) is 4.22. The van der Waals surface area contributed by atoms with Crippen LogP contribution in [-0.4, -0.2) is 18.8 Å². The summed E-state index contributed by atoms with van der Waals surface area (Å²) < 4.78 is 10.5. The summed E-state index contributed by atoms with van der Waals surface area (Å²) in [7, 11) is 1.63. The van der Waals surface area contributed by atoms with Crippen LogP contribution in [0.1, 0.15) is 17.2 Å². The van der Waals surface area contributed by atoms with Gasteiger partial charge in [0, 0.05) is 11.1 Å². The van der Waals surface area contributed by atoms with Gasteiger partial charge in [-0.1, -0.05) is 0 Å². The average Bonchev–Trinajstić information content (AvgIpc) is 2.50. The Morgan fingerprint density at radius 3 is 3.00 bits per heavy atom. The van der Waals surface area contributed by atoms with E-state index in [0.29, 0.717) is 6.61 Å². The minimum absolute atomic E-state index is 0.351. The topological polar surface area (TPSA) is 38.7 Å². The van der Waals surface area contributed by atoms with Gasteiger partial charge in [-0.15, -0.1) is 0 Å². The summed E-state index contributed by atoms with van der Waals surface area (Å²) in [6.07, 6.45) is -0.486. The zero-order valence-electron chi connectivity index (χ0n) is 7.70. The van der Waals surface area contributed by atoms with Gasteiger partial charge in [-0.2, -0.15) is 0 Å². The molecular formula is C10H12O3. The van der Waals surface area contributed by atoms with Crippen LogP contribution in [-0.2, 0) is 0 Å². The van der Waals surface area contributed by atoms with Crippen molar-refractivity contribution >= 4 is 0 Å².